The van der Waals surface area contributed by atoms with Crippen LogP contribution in [0, 0.1) is 5.92 Å². The maximum Gasteiger partial charge on any atom is 0.322 e. The quantitative estimate of drug-likeness (QED) is 0.161. The molecule has 1 unspecified atom stereocenters. The Balaban J connectivity index is 1.71. The third kappa shape index (κ3) is 8.10. The highest BCUT2D eigenvalue weighted by atomic mass is 35.5. The first-order chi connectivity index (χ1) is 17.5. The average Bonchev–Trinajstić information content (AvgIpc) is 2.84. The largest absolute Gasteiger partial charge is 0.480 e. The number of hydrogen-bond acceptors (Lipinski definition) is 5. The number of aliphatic carboxylic acids is 1. The number of halogens is 2. The molecule has 2 amide bonds. The second-order valence-corrected chi connectivity index (χ2v) is 11.4. The number of amides is 2. The van der Waals surface area contributed by atoms with Crippen molar-refractivity contribution in [2.75, 3.05) is 11.9 Å². The SMILES string of the molecule is CC(C)CNC(=O)Nc1cccc(-c2ccc(CC(NS(O)(O)c3cccc(Cl)c3Cl)C(=O)O)cc2)c1. The lowest BCUT2D eigenvalue weighted by Gasteiger charge is -2.36. The Morgan fingerprint density at radius 3 is 2.27 bits per heavy atom. The van der Waals surface area contributed by atoms with Crippen LogP contribution in [0.25, 0.3) is 11.1 Å². The first kappa shape index (κ1) is 28.8. The molecule has 0 spiro atoms. The summed E-state index contributed by atoms with van der Waals surface area (Å²) in [5.41, 5.74) is 3.04. The molecule has 8 nitrogen and oxygen atoms in total. The van der Waals surface area contributed by atoms with Crippen LogP contribution in [0.15, 0.2) is 71.6 Å². The van der Waals surface area contributed by atoms with Crippen LogP contribution in [0.4, 0.5) is 10.5 Å². The predicted molar refractivity (Wildman–Crippen MR) is 150 cm³/mol. The Morgan fingerprint density at radius 1 is 0.946 bits per heavy atom. The molecule has 0 aliphatic rings. The van der Waals surface area contributed by atoms with E-state index < -0.39 is 22.8 Å². The Bertz CT molecular complexity index is 1260. The summed E-state index contributed by atoms with van der Waals surface area (Å²) in [4.78, 5) is 23.9. The van der Waals surface area contributed by atoms with Crippen molar-refractivity contribution in [2.24, 2.45) is 5.92 Å². The lowest BCUT2D eigenvalue weighted by molar-refractivity contribution is -0.139. The van der Waals surface area contributed by atoms with Gasteiger partial charge >= 0.3 is 12.0 Å². The number of anilines is 1. The van der Waals surface area contributed by atoms with E-state index in [9.17, 15) is 23.8 Å². The number of benzene rings is 3. The van der Waals surface area contributed by atoms with Gasteiger partial charge in [-0.25, -0.2) is 9.52 Å². The maximum atomic E-state index is 12.1. The fourth-order valence-electron chi connectivity index (χ4n) is 3.46. The fourth-order valence-corrected chi connectivity index (χ4v) is 5.48. The van der Waals surface area contributed by atoms with Crippen LogP contribution in [0.2, 0.25) is 10.0 Å². The molecule has 3 rings (SSSR count). The molecule has 0 aliphatic heterocycles. The summed E-state index contributed by atoms with van der Waals surface area (Å²) in [7, 11) is -3.74. The highest BCUT2D eigenvalue weighted by Crippen LogP contribution is 2.49. The lowest BCUT2D eigenvalue weighted by Crippen LogP contribution is -2.40. The lowest BCUT2D eigenvalue weighted by atomic mass is 10.0. The van der Waals surface area contributed by atoms with Crippen LogP contribution in [-0.2, 0) is 11.2 Å². The van der Waals surface area contributed by atoms with E-state index in [1.54, 1.807) is 18.2 Å². The summed E-state index contributed by atoms with van der Waals surface area (Å²) in [5, 5.41) is 15.4. The molecule has 0 saturated heterocycles. The van der Waals surface area contributed by atoms with Crippen LogP contribution in [0.5, 0.6) is 0 Å². The van der Waals surface area contributed by atoms with E-state index in [1.165, 1.54) is 18.2 Å². The molecule has 0 bridgehead atoms. The molecule has 3 aromatic rings. The van der Waals surface area contributed by atoms with Gasteiger partial charge in [0.2, 0.25) is 0 Å². The van der Waals surface area contributed by atoms with Crippen molar-refractivity contribution < 1.29 is 23.8 Å². The van der Waals surface area contributed by atoms with Gasteiger partial charge in [-0.2, -0.15) is 0 Å². The Morgan fingerprint density at radius 2 is 1.62 bits per heavy atom. The first-order valence-electron chi connectivity index (χ1n) is 11.4. The number of nitrogens with one attached hydrogen (secondary N) is 3. The number of carbonyl (C=O) groups excluding carboxylic acids is 1. The normalized spacial score (nSPS) is 12.7. The zero-order valence-corrected chi connectivity index (χ0v) is 22.6. The van der Waals surface area contributed by atoms with Gasteiger partial charge in [-0.1, -0.05) is 79.5 Å². The van der Waals surface area contributed by atoms with Gasteiger partial charge in [-0.05, 0) is 46.9 Å². The van der Waals surface area contributed by atoms with Gasteiger partial charge in [-0.3, -0.25) is 13.9 Å². The predicted octanol–water partition coefficient (Wildman–Crippen LogP) is 6.75. The van der Waals surface area contributed by atoms with Crippen LogP contribution in [0.3, 0.4) is 0 Å². The molecule has 0 heterocycles. The fraction of sp³-hybridized carbons (Fsp3) is 0.231. The molecule has 37 heavy (non-hydrogen) atoms. The Hall–Kier alpha value is -2.79. The van der Waals surface area contributed by atoms with E-state index in [1.807, 2.05) is 44.2 Å². The van der Waals surface area contributed by atoms with E-state index in [-0.39, 0.29) is 27.4 Å². The van der Waals surface area contributed by atoms with Crippen molar-refractivity contribution in [1.82, 2.24) is 10.0 Å². The monoisotopic (exact) mass is 565 g/mol. The zero-order valence-electron chi connectivity index (χ0n) is 20.2. The molecule has 11 heteroatoms. The third-order valence-corrected chi connectivity index (χ3v) is 7.84. The van der Waals surface area contributed by atoms with Crippen molar-refractivity contribution in [1.29, 1.82) is 0 Å². The number of carboxylic acids is 1. The number of hydrogen-bond donors (Lipinski definition) is 6. The van der Waals surface area contributed by atoms with Gasteiger partial charge < -0.3 is 15.7 Å². The molecule has 6 N–H and O–H groups in total. The molecular weight excluding hydrogens is 537 g/mol. The minimum atomic E-state index is -3.74. The van der Waals surface area contributed by atoms with Gasteiger partial charge in [0.25, 0.3) is 0 Å². The second kappa shape index (κ2) is 12.6. The molecule has 198 valence electrons. The summed E-state index contributed by atoms with van der Waals surface area (Å²) < 4.78 is 23.7. The van der Waals surface area contributed by atoms with E-state index >= 15 is 0 Å². The Labute approximate surface area is 227 Å². The topological polar surface area (TPSA) is 131 Å². The minimum Gasteiger partial charge on any atom is -0.480 e. The van der Waals surface area contributed by atoms with Gasteiger partial charge in [0.05, 0.1) is 14.9 Å². The summed E-state index contributed by atoms with van der Waals surface area (Å²) in [6.45, 7) is 4.60. The van der Waals surface area contributed by atoms with Crippen LogP contribution < -0.4 is 15.4 Å². The van der Waals surface area contributed by atoms with Crippen LogP contribution in [0.1, 0.15) is 19.4 Å². The summed E-state index contributed by atoms with van der Waals surface area (Å²) >= 11 is 12.1. The van der Waals surface area contributed by atoms with E-state index in [0.717, 1.165) is 11.1 Å². The van der Waals surface area contributed by atoms with Crippen LogP contribution in [-0.4, -0.2) is 38.8 Å². The molecule has 0 aromatic heterocycles. The summed E-state index contributed by atoms with van der Waals surface area (Å²) in [6.07, 6.45) is -0.0126. The van der Waals surface area contributed by atoms with Crippen LogP contribution >= 0.6 is 34.0 Å². The molecule has 0 aliphatic carbocycles. The summed E-state index contributed by atoms with van der Waals surface area (Å²) in [5.74, 6) is -0.912. The zero-order chi connectivity index (χ0) is 27.2. The van der Waals surface area contributed by atoms with Gasteiger partial charge in [-0.15, -0.1) is 10.8 Å². The van der Waals surface area contributed by atoms with Crippen molar-refractivity contribution in [2.45, 2.75) is 31.2 Å². The van der Waals surface area contributed by atoms with E-state index in [4.69, 9.17) is 23.2 Å². The molecule has 3 aromatic carbocycles. The minimum absolute atomic E-state index is 0.0126. The third-order valence-electron chi connectivity index (χ3n) is 5.35. The van der Waals surface area contributed by atoms with Gasteiger partial charge in [0.15, 0.2) is 0 Å². The number of carboxylic acid groups (broad SMARTS) is 1. The summed E-state index contributed by atoms with van der Waals surface area (Å²) in [6, 6.07) is 17.3. The highest BCUT2D eigenvalue weighted by molar-refractivity contribution is 8.22. The number of urea groups is 1. The highest BCUT2D eigenvalue weighted by Gasteiger charge is 2.28. The molecule has 1 atom stereocenters. The second-order valence-electron chi connectivity index (χ2n) is 8.82. The standard InChI is InChI=1S/C26H29Cl2N3O5S/c1-16(2)15-29-26(34)30-20-6-3-5-19(14-20)18-11-9-17(10-12-18)13-22(25(32)33)31-37(35,36)23-8-4-7-21(27)24(23)28/h3-12,14,16,22,31,35-36H,13,15H2,1-2H3,(H,32,33)(H2,29,30,34). The number of rotatable bonds is 10. The van der Waals surface area contributed by atoms with Crippen molar-refractivity contribution in [3.63, 3.8) is 0 Å². The maximum absolute atomic E-state index is 12.1. The van der Waals surface area contributed by atoms with Crippen molar-refractivity contribution in [3.05, 3.63) is 82.3 Å². The first-order valence-corrected chi connectivity index (χ1v) is 13.7. The average molecular weight is 567 g/mol. The van der Waals surface area contributed by atoms with E-state index in [0.29, 0.717) is 23.7 Å². The molecule has 0 fully saturated rings. The molecule has 0 saturated carbocycles. The van der Waals surface area contributed by atoms with Gasteiger partial charge in [0, 0.05) is 18.7 Å². The van der Waals surface area contributed by atoms with Gasteiger partial charge in [0.1, 0.15) is 6.04 Å². The van der Waals surface area contributed by atoms with Crippen molar-refractivity contribution >= 4 is 51.7 Å². The number of carbonyl (C=O) groups is 2. The van der Waals surface area contributed by atoms with Crippen molar-refractivity contribution in [3.8, 4) is 11.1 Å². The smallest absolute Gasteiger partial charge is 0.322 e. The molecule has 0 radical (unpaired) electrons. The molecular formula is C26H29Cl2N3O5S. The van der Waals surface area contributed by atoms with E-state index in [2.05, 4.69) is 15.4 Å². The Kier molecular flexibility index (Phi) is 9.83.